The monoisotopic (exact) mass is 226 g/mol. The quantitative estimate of drug-likeness (QED) is 0.592. The van der Waals surface area contributed by atoms with Crippen molar-refractivity contribution in [3.05, 3.63) is 41.0 Å². The second-order valence-electron chi connectivity index (χ2n) is 6.10. The van der Waals surface area contributed by atoms with Crippen LogP contribution in [-0.4, -0.2) is 0 Å². The first-order valence-corrected chi connectivity index (χ1v) is 6.88. The third-order valence-electron chi connectivity index (χ3n) is 5.38. The van der Waals surface area contributed by atoms with E-state index in [1.807, 2.05) is 0 Å². The molecule has 0 nitrogen and oxygen atoms in total. The first kappa shape index (κ1) is 11.1. The minimum absolute atomic E-state index is 0.778. The van der Waals surface area contributed by atoms with E-state index in [0.717, 1.165) is 23.7 Å². The van der Waals surface area contributed by atoms with Gasteiger partial charge in [0.1, 0.15) is 0 Å². The number of rotatable bonds is 0. The van der Waals surface area contributed by atoms with Gasteiger partial charge in [0, 0.05) is 0 Å². The van der Waals surface area contributed by atoms with Crippen molar-refractivity contribution in [3.8, 4) is 0 Å². The molecule has 0 amide bonds. The Kier molecular flexibility index (Phi) is 2.43. The standard InChI is InChI=1S/C17H22/c1-10-9-16-15-8-6-5-7-14(15)12(3)13(4)17(16)11(10)2/h5-8,10-11,16-17H,9H2,1-4H3. The second kappa shape index (κ2) is 3.73. The lowest BCUT2D eigenvalue weighted by Crippen LogP contribution is -2.20. The van der Waals surface area contributed by atoms with Gasteiger partial charge in [-0.25, -0.2) is 0 Å². The second-order valence-corrected chi connectivity index (χ2v) is 6.10. The molecule has 0 radical (unpaired) electrons. The molecule has 0 aromatic heterocycles. The van der Waals surface area contributed by atoms with Gasteiger partial charge in [-0.3, -0.25) is 0 Å². The number of allylic oxidation sites excluding steroid dienone is 2. The van der Waals surface area contributed by atoms with Gasteiger partial charge in [0.25, 0.3) is 0 Å². The molecule has 0 aliphatic heterocycles. The van der Waals surface area contributed by atoms with Crippen LogP contribution in [-0.2, 0) is 0 Å². The maximum atomic E-state index is 2.44. The van der Waals surface area contributed by atoms with Crippen LogP contribution in [0, 0.1) is 17.8 Å². The lowest BCUT2D eigenvalue weighted by atomic mass is 9.72. The first-order valence-electron chi connectivity index (χ1n) is 6.88. The van der Waals surface area contributed by atoms with E-state index in [9.17, 15) is 0 Å². The highest BCUT2D eigenvalue weighted by atomic mass is 14.5. The van der Waals surface area contributed by atoms with E-state index in [0.29, 0.717) is 0 Å². The minimum Gasteiger partial charge on any atom is -0.0658 e. The number of hydrogen-bond donors (Lipinski definition) is 0. The van der Waals surface area contributed by atoms with Crippen LogP contribution in [0.15, 0.2) is 29.8 Å². The summed E-state index contributed by atoms with van der Waals surface area (Å²) in [7, 11) is 0. The Balaban J connectivity index is 2.19. The van der Waals surface area contributed by atoms with Crippen molar-refractivity contribution < 1.29 is 0 Å². The molecule has 1 aromatic rings. The van der Waals surface area contributed by atoms with Crippen LogP contribution in [0.1, 0.15) is 51.2 Å². The molecule has 0 heteroatoms. The highest BCUT2D eigenvalue weighted by Gasteiger charge is 2.43. The molecular formula is C17H22. The SMILES string of the molecule is CC1=C(C)C2C(CC(C)C2C)c2ccccc21. The van der Waals surface area contributed by atoms with Crippen LogP contribution >= 0.6 is 0 Å². The first-order chi connectivity index (χ1) is 8.11. The van der Waals surface area contributed by atoms with Gasteiger partial charge in [-0.1, -0.05) is 43.7 Å². The fraction of sp³-hybridized carbons (Fsp3) is 0.529. The molecule has 1 fully saturated rings. The predicted molar refractivity (Wildman–Crippen MR) is 73.9 cm³/mol. The topological polar surface area (TPSA) is 0 Å². The van der Waals surface area contributed by atoms with Gasteiger partial charge in [0.15, 0.2) is 0 Å². The van der Waals surface area contributed by atoms with Crippen molar-refractivity contribution in [3.63, 3.8) is 0 Å². The van der Waals surface area contributed by atoms with E-state index in [4.69, 9.17) is 0 Å². The van der Waals surface area contributed by atoms with Crippen LogP contribution in [0.5, 0.6) is 0 Å². The molecule has 4 unspecified atom stereocenters. The Morgan fingerprint density at radius 1 is 1.06 bits per heavy atom. The summed E-state index contributed by atoms with van der Waals surface area (Å²) in [6.07, 6.45) is 1.37. The van der Waals surface area contributed by atoms with Gasteiger partial charge in [-0.15, -0.1) is 0 Å². The molecule has 2 aliphatic rings. The highest BCUT2D eigenvalue weighted by molar-refractivity contribution is 5.73. The molecule has 17 heavy (non-hydrogen) atoms. The third-order valence-corrected chi connectivity index (χ3v) is 5.38. The van der Waals surface area contributed by atoms with E-state index in [1.54, 1.807) is 11.1 Å². The Bertz CT molecular complexity index is 481. The van der Waals surface area contributed by atoms with E-state index in [2.05, 4.69) is 52.0 Å². The lowest BCUT2D eigenvalue weighted by molar-refractivity contribution is 0.385. The number of hydrogen-bond acceptors (Lipinski definition) is 0. The lowest BCUT2D eigenvalue weighted by Gasteiger charge is -2.33. The zero-order chi connectivity index (χ0) is 12.2. The summed E-state index contributed by atoms with van der Waals surface area (Å²) in [5, 5.41) is 0. The Hall–Kier alpha value is -1.04. The van der Waals surface area contributed by atoms with Crippen LogP contribution in [0.3, 0.4) is 0 Å². The van der Waals surface area contributed by atoms with Crippen molar-refractivity contribution in [1.82, 2.24) is 0 Å². The maximum absolute atomic E-state index is 2.44. The van der Waals surface area contributed by atoms with Crippen LogP contribution in [0.25, 0.3) is 5.57 Å². The van der Waals surface area contributed by atoms with E-state index in [1.165, 1.54) is 17.6 Å². The average Bonchev–Trinajstić information content (AvgIpc) is 2.63. The summed E-state index contributed by atoms with van der Waals surface area (Å²) >= 11 is 0. The third kappa shape index (κ3) is 1.43. The van der Waals surface area contributed by atoms with Gasteiger partial charge >= 0.3 is 0 Å². The molecule has 2 aliphatic carbocycles. The largest absolute Gasteiger partial charge is 0.0658 e. The molecule has 0 saturated heterocycles. The summed E-state index contributed by atoms with van der Waals surface area (Å²) in [5.74, 6) is 3.27. The van der Waals surface area contributed by atoms with Gasteiger partial charge in [0.2, 0.25) is 0 Å². The predicted octanol–water partition coefficient (Wildman–Crippen LogP) is 4.87. The van der Waals surface area contributed by atoms with Crippen molar-refractivity contribution in [2.24, 2.45) is 17.8 Å². The summed E-state index contributed by atoms with van der Waals surface area (Å²) in [5.41, 5.74) is 6.29. The van der Waals surface area contributed by atoms with Crippen molar-refractivity contribution in [2.75, 3.05) is 0 Å². The number of fused-ring (bicyclic) bond motifs is 3. The van der Waals surface area contributed by atoms with Crippen molar-refractivity contribution in [1.29, 1.82) is 0 Å². The van der Waals surface area contributed by atoms with Crippen LogP contribution in [0.4, 0.5) is 0 Å². The van der Waals surface area contributed by atoms with Crippen LogP contribution in [0.2, 0.25) is 0 Å². The van der Waals surface area contributed by atoms with Gasteiger partial charge < -0.3 is 0 Å². The smallest absolute Gasteiger partial charge is 0.00849 e. The zero-order valence-corrected chi connectivity index (χ0v) is 11.3. The molecule has 1 aromatic carbocycles. The summed E-state index contributed by atoms with van der Waals surface area (Å²) in [6, 6.07) is 9.04. The molecule has 0 spiro atoms. The van der Waals surface area contributed by atoms with E-state index < -0.39 is 0 Å². The summed E-state index contributed by atoms with van der Waals surface area (Å²) in [6.45, 7) is 9.53. The Morgan fingerprint density at radius 2 is 1.76 bits per heavy atom. The summed E-state index contributed by atoms with van der Waals surface area (Å²) < 4.78 is 0. The van der Waals surface area contributed by atoms with Crippen molar-refractivity contribution in [2.45, 2.75) is 40.0 Å². The molecule has 0 bridgehead atoms. The normalized spacial score (nSPS) is 35.8. The van der Waals surface area contributed by atoms with E-state index >= 15 is 0 Å². The molecule has 3 rings (SSSR count). The Labute approximate surface area is 105 Å². The highest BCUT2D eigenvalue weighted by Crippen LogP contribution is 2.55. The van der Waals surface area contributed by atoms with E-state index in [-0.39, 0.29) is 0 Å². The van der Waals surface area contributed by atoms with Gasteiger partial charge in [0.05, 0.1) is 0 Å². The molecule has 1 saturated carbocycles. The van der Waals surface area contributed by atoms with Gasteiger partial charge in [-0.05, 0) is 60.6 Å². The summed E-state index contributed by atoms with van der Waals surface area (Å²) in [4.78, 5) is 0. The average molecular weight is 226 g/mol. The fourth-order valence-electron chi connectivity index (χ4n) is 4.12. The number of benzene rings is 1. The zero-order valence-electron chi connectivity index (χ0n) is 11.3. The Morgan fingerprint density at radius 3 is 2.53 bits per heavy atom. The maximum Gasteiger partial charge on any atom is -0.00849 e. The minimum atomic E-state index is 0.778. The molecule has 0 heterocycles. The fourth-order valence-corrected chi connectivity index (χ4v) is 4.12. The molecule has 0 N–H and O–H groups in total. The van der Waals surface area contributed by atoms with Gasteiger partial charge in [-0.2, -0.15) is 0 Å². The molecule has 90 valence electrons. The van der Waals surface area contributed by atoms with Crippen molar-refractivity contribution >= 4 is 5.57 Å². The molecular weight excluding hydrogens is 204 g/mol. The molecule has 4 atom stereocenters. The van der Waals surface area contributed by atoms with Crippen LogP contribution < -0.4 is 0 Å².